The molecule has 2 aliphatic heterocycles. The van der Waals surface area contributed by atoms with Crippen LogP contribution >= 0.6 is 11.5 Å². The van der Waals surface area contributed by atoms with Crippen molar-refractivity contribution in [2.75, 3.05) is 50.2 Å². The molecule has 5 heterocycles. The SMILES string of the molecule is Cc1nsc2nc(Nc3cnn(C4CCOCC4)c3)nc(N[C@H]3CC[C@H](N4CCOCC4)CC3)c12. The van der Waals surface area contributed by atoms with E-state index in [2.05, 4.69) is 25.0 Å². The van der Waals surface area contributed by atoms with Gasteiger partial charge in [-0.15, -0.1) is 0 Å². The van der Waals surface area contributed by atoms with Crippen LogP contribution in [-0.4, -0.2) is 80.6 Å². The highest BCUT2D eigenvalue weighted by atomic mass is 32.1. The minimum Gasteiger partial charge on any atom is -0.381 e. The highest BCUT2D eigenvalue weighted by Crippen LogP contribution is 2.32. The van der Waals surface area contributed by atoms with Crippen molar-refractivity contribution in [3.8, 4) is 0 Å². The molecule has 1 aliphatic carbocycles. The lowest BCUT2D eigenvalue weighted by atomic mass is 9.90. The van der Waals surface area contributed by atoms with E-state index in [0.717, 1.165) is 92.6 Å². The Morgan fingerprint density at radius 1 is 0.943 bits per heavy atom. The Balaban J connectivity index is 1.15. The molecule has 3 aromatic heterocycles. The van der Waals surface area contributed by atoms with Crippen molar-refractivity contribution in [3.05, 3.63) is 18.1 Å². The third kappa shape index (κ3) is 5.13. The predicted molar refractivity (Wildman–Crippen MR) is 137 cm³/mol. The maximum Gasteiger partial charge on any atom is 0.230 e. The summed E-state index contributed by atoms with van der Waals surface area (Å²) in [6, 6.07) is 1.47. The zero-order valence-corrected chi connectivity index (χ0v) is 21.1. The number of ether oxygens (including phenoxy) is 2. The van der Waals surface area contributed by atoms with Crippen LogP contribution in [0.3, 0.4) is 0 Å². The molecule has 3 aromatic rings. The van der Waals surface area contributed by atoms with Crippen LogP contribution in [-0.2, 0) is 9.47 Å². The molecule has 2 N–H and O–H groups in total. The van der Waals surface area contributed by atoms with Crippen LogP contribution in [0.2, 0.25) is 0 Å². The number of hydrogen-bond donors (Lipinski definition) is 2. The molecule has 10 nitrogen and oxygen atoms in total. The van der Waals surface area contributed by atoms with E-state index in [4.69, 9.17) is 19.4 Å². The van der Waals surface area contributed by atoms with Gasteiger partial charge in [-0.1, -0.05) is 0 Å². The van der Waals surface area contributed by atoms with Gasteiger partial charge in [0.05, 0.1) is 42.2 Å². The number of hydrogen-bond acceptors (Lipinski definition) is 10. The molecule has 1 saturated carbocycles. The predicted octanol–water partition coefficient (Wildman–Crippen LogP) is 3.74. The van der Waals surface area contributed by atoms with Gasteiger partial charge in [0.1, 0.15) is 5.82 Å². The van der Waals surface area contributed by atoms with Crippen LogP contribution < -0.4 is 10.6 Å². The standard InChI is InChI=1S/C24H34N8O2S/c1-16-21-22(26-17-2-4-19(5-3-17)31-8-12-34-13-9-31)28-24(29-23(21)35-30-16)27-18-14-25-32(15-18)20-6-10-33-11-7-20/h14-15,17,19-20H,2-13H2,1H3,(H2,26,27,28,29)/t17-,19-. The van der Waals surface area contributed by atoms with Crippen molar-refractivity contribution in [2.24, 2.45) is 0 Å². The van der Waals surface area contributed by atoms with Gasteiger partial charge in [0.2, 0.25) is 5.95 Å². The lowest BCUT2D eigenvalue weighted by molar-refractivity contribution is 0.00791. The molecule has 0 unspecified atom stereocenters. The molecule has 35 heavy (non-hydrogen) atoms. The van der Waals surface area contributed by atoms with Gasteiger partial charge in [0.25, 0.3) is 0 Å². The summed E-state index contributed by atoms with van der Waals surface area (Å²) in [6.45, 7) is 7.48. The molecule has 0 aromatic carbocycles. The molecule has 0 radical (unpaired) electrons. The first-order chi connectivity index (χ1) is 17.2. The van der Waals surface area contributed by atoms with Crippen molar-refractivity contribution >= 4 is 39.2 Å². The second-order valence-corrected chi connectivity index (χ2v) is 10.6. The molecular weight excluding hydrogens is 464 g/mol. The third-order valence-corrected chi connectivity index (χ3v) is 8.36. The molecule has 0 atom stereocenters. The van der Waals surface area contributed by atoms with Crippen molar-refractivity contribution in [1.29, 1.82) is 0 Å². The monoisotopic (exact) mass is 498 g/mol. The largest absolute Gasteiger partial charge is 0.381 e. The Hall–Kier alpha value is -2.34. The molecule has 0 spiro atoms. The van der Waals surface area contributed by atoms with Crippen LogP contribution in [0.4, 0.5) is 17.5 Å². The smallest absolute Gasteiger partial charge is 0.230 e. The first-order valence-corrected chi connectivity index (χ1v) is 13.6. The fourth-order valence-corrected chi connectivity index (χ4v) is 6.33. The second-order valence-electron chi connectivity index (χ2n) is 9.82. The summed E-state index contributed by atoms with van der Waals surface area (Å²) in [5.74, 6) is 1.47. The summed E-state index contributed by atoms with van der Waals surface area (Å²) in [6.07, 6.45) is 10.6. The number of rotatable bonds is 6. The fraction of sp³-hybridized carbons (Fsp3) is 0.667. The van der Waals surface area contributed by atoms with Crippen molar-refractivity contribution < 1.29 is 9.47 Å². The van der Waals surface area contributed by atoms with Gasteiger partial charge >= 0.3 is 0 Å². The number of anilines is 3. The minimum atomic E-state index is 0.386. The number of nitrogens with zero attached hydrogens (tertiary/aromatic N) is 6. The molecule has 11 heteroatoms. The molecule has 3 fully saturated rings. The molecule has 188 valence electrons. The van der Waals surface area contributed by atoms with E-state index in [1.807, 2.05) is 24.0 Å². The lowest BCUT2D eigenvalue weighted by Crippen LogP contribution is -2.46. The highest BCUT2D eigenvalue weighted by Gasteiger charge is 2.28. The van der Waals surface area contributed by atoms with Gasteiger partial charge in [0, 0.05) is 44.6 Å². The number of nitrogens with one attached hydrogen (secondary N) is 2. The number of morpholine rings is 1. The first kappa shape index (κ1) is 23.1. The van der Waals surface area contributed by atoms with E-state index in [0.29, 0.717) is 24.1 Å². The summed E-state index contributed by atoms with van der Waals surface area (Å²) < 4.78 is 17.6. The number of aromatic nitrogens is 5. The minimum absolute atomic E-state index is 0.386. The van der Waals surface area contributed by atoms with Crippen LogP contribution in [0.25, 0.3) is 10.2 Å². The van der Waals surface area contributed by atoms with Gasteiger partial charge in [-0.25, -0.2) is 0 Å². The van der Waals surface area contributed by atoms with E-state index in [1.54, 1.807) is 0 Å². The van der Waals surface area contributed by atoms with Crippen LogP contribution in [0.1, 0.15) is 50.3 Å². The molecule has 6 rings (SSSR count). The molecule has 0 bridgehead atoms. The number of aryl methyl sites for hydroxylation is 1. The summed E-state index contributed by atoms with van der Waals surface area (Å²) in [7, 11) is 0. The third-order valence-electron chi connectivity index (χ3n) is 7.53. The summed E-state index contributed by atoms with van der Waals surface area (Å²) in [4.78, 5) is 13.2. The zero-order chi connectivity index (χ0) is 23.6. The molecular formula is C24H34N8O2S. The summed E-state index contributed by atoms with van der Waals surface area (Å²) in [5, 5.41) is 12.7. The second kappa shape index (κ2) is 10.3. The van der Waals surface area contributed by atoms with Gasteiger partial charge in [0.15, 0.2) is 4.83 Å². The average molecular weight is 499 g/mol. The normalized spacial score (nSPS) is 24.6. The van der Waals surface area contributed by atoms with E-state index in [9.17, 15) is 0 Å². The van der Waals surface area contributed by atoms with Crippen LogP contribution in [0.5, 0.6) is 0 Å². The highest BCUT2D eigenvalue weighted by molar-refractivity contribution is 7.13. The van der Waals surface area contributed by atoms with Gasteiger partial charge in [-0.3, -0.25) is 9.58 Å². The van der Waals surface area contributed by atoms with Gasteiger partial charge in [-0.2, -0.15) is 19.4 Å². The topological polar surface area (TPSA) is 102 Å². The van der Waals surface area contributed by atoms with E-state index >= 15 is 0 Å². The molecule has 3 aliphatic rings. The maximum atomic E-state index is 5.53. The van der Waals surface area contributed by atoms with Crippen LogP contribution in [0, 0.1) is 6.92 Å². The van der Waals surface area contributed by atoms with E-state index in [-0.39, 0.29) is 0 Å². The molecule has 2 saturated heterocycles. The summed E-state index contributed by atoms with van der Waals surface area (Å²) >= 11 is 1.43. The molecule has 0 amide bonds. The van der Waals surface area contributed by atoms with Crippen molar-refractivity contribution in [3.63, 3.8) is 0 Å². The van der Waals surface area contributed by atoms with Crippen LogP contribution in [0.15, 0.2) is 12.4 Å². The van der Waals surface area contributed by atoms with Crippen molar-refractivity contribution in [2.45, 2.75) is 63.6 Å². The van der Waals surface area contributed by atoms with Gasteiger partial charge < -0.3 is 20.1 Å². The first-order valence-electron chi connectivity index (χ1n) is 12.8. The summed E-state index contributed by atoms with van der Waals surface area (Å²) in [5.41, 5.74) is 1.88. The Labute approximate surface area is 209 Å². The maximum absolute atomic E-state index is 5.53. The zero-order valence-electron chi connectivity index (χ0n) is 20.3. The van der Waals surface area contributed by atoms with Gasteiger partial charge in [-0.05, 0) is 57.0 Å². The van der Waals surface area contributed by atoms with E-state index < -0.39 is 0 Å². The number of fused-ring (bicyclic) bond motifs is 1. The lowest BCUT2D eigenvalue weighted by Gasteiger charge is -2.39. The van der Waals surface area contributed by atoms with E-state index in [1.165, 1.54) is 24.4 Å². The Morgan fingerprint density at radius 2 is 1.71 bits per heavy atom. The Kier molecular flexibility index (Phi) is 6.82. The Bertz CT molecular complexity index is 1130. The fourth-order valence-electron chi connectivity index (χ4n) is 5.55. The quantitative estimate of drug-likeness (QED) is 0.526. The Morgan fingerprint density at radius 3 is 2.51 bits per heavy atom. The average Bonchev–Trinajstić information content (AvgIpc) is 3.52. The van der Waals surface area contributed by atoms with Crippen molar-refractivity contribution in [1.82, 2.24) is 29.0 Å².